The van der Waals surface area contributed by atoms with Crippen LogP contribution < -0.4 is 4.90 Å². The molecule has 1 saturated heterocycles. The normalized spacial score (nSPS) is 22.3. The Morgan fingerprint density at radius 2 is 1.95 bits per heavy atom. The molecular formula is C14H15BrN2O2. The Morgan fingerprint density at radius 3 is 2.63 bits per heavy atom. The topological polar surface area (TPSA) is 50.3 Å². The van der Waals surface area contributed by atoms with Crippen LogP contribution in [0.15, 0.2) is 22.8 Å². The maximum atomic E-state index is 12.7. The maximum Gasteiger partial charge on any atom is 0.241 e. The summed E-state index contributed by atoms with van der Waals surface area (Å²) in [5.41, 5.74) is -0.445. The molecule has 0 aromatic carbocycles. The number of carbonyl (C=O) groups excluding carboxylic acids is 2. The third-order valence-electron chi connectivity index (χ3n) is 4.14. The van der Waals surface area contributed by atoms with Crippen LogP contribution in [0.4, 0.5) is 5.82 Å². The van der Waals surface area contributed by atoms with Crippen LogP contribution in [0.5, 0.6) is 0 Å². The molecule has 0 unspecified atom stereocenters. The number of halogens is 1. The van der Waals surface area contributed by atoms with Crippen LogP contribution in [-0.4, -0.2) is 16.8 Å². The number of carbonyl (C=O) groups is 2. The van der Waals surface area contributed by atoms with E-state index < -0.39 is 5.41 Å². The average Bonchev–Trinajstić information content (AvgIpc) is 2.62. The van der Waals surface area contributed by atoms with Crippen molar-refractivity contribution < 1.29 is 9.59 Å². The smallest absolute Gasteiger partial charge is 0.241 e. The highest BCUT2D eigenvalue weighted by Gasteiger charge is 2.52. The van der Waals surface area contributed by atoms with Gasteiger partial charge in [0.05, 0.1) is 5.41 Å². The van der Waals surface area contributed by atoms with Gasteiger partial charge >= 0.3 is 0 Å². The van der Waals surface area contributed by atoms with Gasteiger partial charge in [-0.3, -0.25) is 9.59 Å². The first-order valence-corrected chi connectivity index (χ1v) is 7.41. The van der Waals surface area contributed by atoms with Gasteiger partial charge in [-0.15, -0.1) is 0 Å². The molecule has 0 radical (unpaired) electrons. The van der Waals surface area contributed by atoms with Gasteiger partial charge in [-0.2, -0.15) is 0 Å². The highest BCUT2D eigenvalue weighted by molar-refractivity contribution is 9.10. The molecule has 3 rings (SSSR count). The first-order chi connectivity index (χ1) is 9.12. The molecule has 1 aliphatic carbocycles. The van der Waals surface area contributed by atoms with Crippen molar-refractivity contribution in [1.29, 1.82) is 0 Å². The van der Waals surface area contributed by atoms with Gasteiger partial charge < -0.3 is 0 Å². The summed E-state index contributed by atoms with van der Waals surface area (Å²) in [6.45, 7) is 0. The number of hydrogen-bond acceptors (Lipinski definition) is 3. The molecule has 19 heavy (non-hydrogen) atoms. The summed E-state index contributed by atoms with van der Waals surface area (Å²) in [6, 6.07) is 3.50. The van der Waals surface area contributed by atoms with Crippen molar-refractivity contribution in [2.24, 2.45) is 5.41 Å². The van der Waals surface area contributed by atoms with Crippen LogP contribution in [0.1, 0.15) is 38.5 Å². The van der Waals surface area contributed by atoms with Gasteiger partial charge in [-0.25, -0.2) is 9.88 Å². The summed E-state index contributed by atoms with van der Waals surface area (Å²) in [4.78, 5) is 30.3. The second-order valence-corrected chi connectivity index (χ2v) is 6.30. The second-order valence-electron chi connectivity index (χ2n) is 5.38. The van der Waals surface area contributed by atoms with Crippen molar-refractivity contribution in [2.45, 2.75) is 38.5 Å². The molecule has 5 heteroatoms. The van der Waals surface area contributed by atoms with Gasteiger partial charge in [0.25, 0.3) is 0 Å². The van der Waals surface area contributed by atoms with E-state index in [0.717, 1.165) is 30.2 Å². The second kappa shape index (κ2) is 4.71. The summed E-state index contributed by atoms with van der Waals surface area (Å²) >= 11 is 3.35. The van der Waals surface area contributed by atoms with Crippen LogP contribution in [-0.2, 0) is 9.59 Å². The van der Waals surface area contributed by atoms with Crippen LogP contribution in [0.2, 0.25) is 0 Å². The van der Waals surface area contributed by atoms with E-state index in [4.69, 9.17) is 0 Å². The molecule has 100 valence electrons. The molecular weight excluding hydrogens is 308 g/mol. The third kappa shape index (κ3) is 2.10. The van der Waals surface area contributed by atoms with E-state index in [1.54, 1.807) is 18.3 Å². The van der Waals surface area contributed by atoms with E-state index in [1.807, 2.05) is 0 Å². The van der Waals surface area contributed by atoms with E-state index in [0.29, 0.717) is 12.2 Å². The van der Waals surface area contributed by atoms with E-state index >= 15 is 0 Å². The largest absolute Gasteiger partial charge is 0.274 e. The number of rotatable bonds is 1. The lowest BCUT2D eigenvalue weighted by Crippen LogP contribution is -2.37. The lowest BCUT2D eigenvalue weighted by Gasteiger charge is -2.30. The van der Waals surface area contributed by atoms with E-state index in [9.17, 15) is 9.59 Å². The minimum Gasteiger partial charge on any atom is -0.274 e. The number of nitrogens with zero attached hydrogens (tertiary/aromatic N) is 2. The summed E-state index contributed by atoms with van der Waals surface area (Å²) < 4.78 is 0.822. The lowest BCUT2D eigenvalue weighted by molar-refractivity contribution is -0.127. The molecule has 1 aromatic rings. The fourth-order valence-corrected chi connectivity index (χ4v) is 3.48. The quantitative estimate of drug-likeness (QED) is 0.747. The van der Waals surface area contributed by atoms with Crippen molar-refractivity contribution in [3.8, 4) is 0 Å². The van der Waals surface area contributed by atoms with Crippen LogP contribution >= 0.6 is 15.9 Å². The van der Waals surface area contributed by atoms with Gasteiger partial charge in [0.15, 0.2) is 0 Å². The Labute approximate surface area is 120 Å². The maximum absolute atomic E-state index is 12.7. The van der Waals surface area contributed by atoms with Crippen molar-refractivity contribution in [1.82, 2.24) is 4.98 Å². The minimum atomic E-state index is -0.445. The molecule has 1 aromatic heterocycles. The number of imide groups is 1. The van der Waals surface area contributed by atoms with Gasteiger partial charge in [0.2, 0.25) is 11.8 Å². The predicted molar refractivity (Wildman–Crippen MR) is 74.6 cm³/mol. The predicted octanol–water partition coefficient (Wildman–Crippen LogP) is 3.06. The van der Waals surface area contributed by atoms with Crippen LogP contribution in [0.3, 0.4) is 0 Å². The highest BCUT2D eigenvalue weighted by Crippen LogP contribution is 2.46. The molecule has 2 fully saturated rings. The van der Waals surface area contributed by atoms with Gasteiger partial charge in [-0.05, 0) is 25.0 Å². The lowest BCUT2D eigenvalue weighted by atomic mass is 9.73. The van der Waals surface area contributed by atoms with E-state index in [1.165, 1.54) is 11.3 Å². The SMILES string of the molecule is O=C1CC2(CCCCC2)C(=O)N1c1cc(Br)ccn1. The Balaban J connectivity index is 1.95. The molecule has 0 atom stereocenters. The number of hydrogen-bond donors (Lipinski definition) is 0. The highest BCUT2D eigenvalue weighted by atomic mass is 79.9. The zero-order valence-corrected chi connectivity index (χ0v) is 12.1. The van der Waals surface area contributed by atoms with Crippen molar-refractivity contribution in [3.63, 3.8) is 0 Å². The number of amides is 2. The van der Waals surface area contributed by atoms with E-state index in [2.05, 4.69) is 20.9 Å². The zero-order valence-electron chi connectivity index (χ0n) is 10.6. The van der Waals surface area contributed by atoms with Gasteiger partial charge in [0, 0.05) is 17.1 Å². The third-order valence-corrected chi connectivity index (χ3v) is 4.64. The Kier molecular flexibility index (Phi) is 3.17. The molecule has 2 heterocycles. The van der Waals surface area contributed by atoms with E-state index in [-0.39, 0.29) is 11.8 Å². The summed E-state index contributed by atoms with van der Waals surface area (Å²) in [5.74, 6) is 0.270. The molecule has 2 aliphatic rings. The summed E-state index contributed by atoms with van der Waals surface area (Å²) in [6.07, 6.45) is 6.87. The monoisotopic (exact) mass is 322 g/mol. The number of anilines is 1. The van der Waals surface area contributed by atoms with Gasteiger partial charge in [0.1, 0.15) is 5.82 Å². The zero-order chi connectivity index (χ0) is 13.5. The van der Waals surface area contributed by atoms with Crippen LogP contribution in [0, 0.1) is 5.41 Å². The Hall–Kier alpha value is -1.23. The van der Waals surface area contributed by atoms with Crippen molar-refractivity contribution in [2.75, 3.05) is 4.90 Å². The van der Waals surface area contributed by atoms with Crippen molar-refractivity contribution >= 4 is 33.6 Å². The fourth-order valence-electron chi connectivity index (χ4n) is 3.16. The molecule has 0 N–H and O–H groups in total. The summed E-state index contributed by atoms with van der Waals surface area (Å²) in [7, 11) is 0. The number of aromatic nitrogens is 1. The fraction of sp³-hybridized carbons (Fsp3) is 0.500. The molecule has 1 spiro atoms. The average molecular weight is 323 g/mol. The first kappa shape index (κ1) is 12.8. The first-order valence-electron chi connectivity index (χ1n) is 6.61. The molecule has 1 aliphatic heterocycles. The molecule has 2 amide bonds. The summed E-state index contributed by atoms with van der Waals surface area (Å²) in [5, 5.41) is 0. The standard InChI is InChI=1S/C14H15BrN2O2/c15-10-4-7-16-11(8-10)17-12(18)9-14(13(17)19)5-2-1-3-6-14/h4,7-8H,1-3,5-6,9H2. The van der Waals surface area contributed by atoms with Crippen molar-refractivity contribution in [3.05, 3.63) is 22.8 Å². The Morgan fingerprint density at radius 1 is 1.21 bits per heavy atom. The molecule has 4 nitrogen and oxygen atoms in total. The van der Waals surface area contributed by atoms with Gasteiger partial charge in [-0.1, -0.05) is 35.2 Å². The minimum absolute atomic E-state index is 0.0530. The number of pyridine rings is 1. The molecule has 1 saturated carbocycles. The molecule has 0 bridgehead atoms. The Bertz CT molecular complexity index is 538. The van der Waals surface area contributed by atoms with Crippen LogP contribution in [0.25, 0.3) is 0 Å².